The summed E-state index contributed by atoms with van der Waals surface area (Å²) in [5.41, 5.74) is -0.264. The van der Waals surface area contributed by atoms with Crippen LogP contribution >= 0.6 is 0 Å². The number of hydrogen-bond donors (Lipinski definition) is 4. The van der Waals surface area contributed by atoms with E-state index in [0.717, 1.165) is 6.42 Å². The lowest BCUT2D eigenvalue weighted by atomic mass is 9.67. The molecule has 1 heterocycles. The monoisotopic (exact) mass is 396 g/mol. The third-order valence-corrected chi connectivity index (χ3v) is 7.23. The van der Waals surface area contributed by atoms with E-state index in [0.29, 0.717) is 18.4 Å². The fourth-order valence-corrected chi connectivity index (χ4v) is 4.97. The normalized spacial score (nSPS) is 48.7. The fraction of sp³-hybridized carbons (Fsp3) is 0.818. The number of fused-ring (bicyclic) bond motifs is 1. The minimum atomic E-state index is -1.16. The van der Waals surface area contributed by atoms with Gasteiger partial charge in [0.15, 0.2) is 6.29 Å². The summed E-state index contributed by atoms with van der Waals surface area (Å²) in [5, 5.41) is 40.7. The van der Waals surface area contributed by atoms with Crippen molar-refractivity contribution in [2.75, 3.05) is 13.2 Å². The molecular formula is C22H36O6. The maximum Gasteiger partial charge on any atom is 0.186 e. The first-order chi connectivity index (χ1) is 13.2. The topological polar surface area (TPSA) is 99.4 Å². The van der Waals surface area contributed by atoms with E-state index in [1.807, 2.05) is 6.08 Å². The number of aliphatic hydroxyl groups excluding tert-OH is 4. The van der Waals surface area contributed by atoms with Gasteiger partial charge in [0, 0.05) is 17.3 Å². The minimum Gasteiger partial charge on any atom is -0.394 e. The molecule has 160 valence electrons. The van der Waals surface area contributed by atoms with Crippen molar-refractivity contribution in [1.29, 1.82) is 0 Å². The van der Waals surface area contributed by atoms with Gasteiger partial charge in [-0.3, -0.25) is 0 Å². The molecule has 1 aliphatic heterocycles. The molecule has 0 amide bonds. The van der Waals surface area contributed by atoms with Crippen molar-refractivity contribution in [2.24, 2.45) is 35.0 Å². The van der Waals surface area contributed by atoms with E-state index in [1.165, 1.54) is 0 Å². The highest BCUT2D eigenvalue weighted by Crippen LogP contribution is 2.50. The van der Waals surface area contributed by atoms with Gasteiger partial charge in [-0.25, -0.2) is 0 Å². The lowest BCUT2D eigenvalue weighted by molar-refractivity contribution is -0.290. The summed E-state index contributed by atoms with van der Waals surface area (Å²) >= 11 is 0. The predicted molar refractivity (Wildman–Crippen MR) is 105 cm³/mol. The van der Waals surface area contributed by atoms with E-state index >= 15 is 0 Å². The fourth-order valence-electron chi connectivity index (χ4n) is 4.97. The van der Waals surface area contributed by atoms with Crippen LogP contribution in [0.1, 0.15) is 34.1 Å². The van der Waals surface area contributed by atoms with Crippen LogP contribution in [0.2, 0.25) is 0 Å². The van der Waals surface area contributed by atoms with E-state index in [2.05, 4.69) is 39.0 Å². The van der Waals surface area contributed by atoms with Crippen molar-refractivity contribution in [2.45, 2.75) is 64.8 Å². The second-order valence-electron chi connectivity index (χ2n) is 9.42. The summed E-state index contributed by atoms with van der Waals surface area (Å²) in [6, 6.07) is 0. The zero-order chi connectivity index (χ0) is 20.6. The van der Waals surface area contributed by atoms with Crippen LogP contribution < -0.4 is 0 Å². The molecule has 6 unspecified atom stereocenters. The molecule has 0 bridgehead atoms. The third-order valence-electron chi connectivity index (χ3n) is 7.23. The average molecular weight is 397 g/mol. The van der Waals surface area contributed by atoms with Crippen LogP contribution in [0.5, 0.6) is 0 Å². The summed E-state index contributed by atoms with van der Waals surface area (Å²) in [7, 11) is 0. The molecule has 0 radical (unpaired) electrons. The second kappa shape index (κ2) is 8.54. The van der Waals surface area contributed by atoms with Crippen molar-refractivity contribution in [3.05, 3.63) is 24.3 Å². The van der Waals surface area contributed by atoms with E-state index in [1.54, 1.807) is 6.92 Å². The molecule has 10 atom stereocenters. The number of allylic oxidation sites excluding steroid dienone is 2. The Morgan fingerprint density at radius 2 is 1.82 bits per heavy atom. The molecule has 0 saturated carbocycles. The highest BCUT2D eigenvalue weighted by molar-refractivity contribution is 5.20. The van der Waals surface area contributed by atoms with Crippen LogP contribution in [-0.4, -0.2) is 64.3 Å². The van der Waals surface area contributed by atoms with Gasteiger partial charge in [-0.05, 0) is 24.2 Å². The molecule has 1 fully saturated rings. The smallest absolute Gasteiger partial charge is 0.186 e. The van der Waals surface area contributed by atoms with E-state index in [4.69, 9.17) is 9.47 Å². The Balaban J connectivity index is 1.73. The summed E-state index contributed by atoms with van der Waals surface area (Å²) < 4.78 is 11.6. The first-order valence-corrected chi connectivity index (χ1v) is 10.5. The largest absolute Gasteiger partial charge is 0.394 e. The van der Waals surface area contributed by atoms with Crippen LogP contribution in [0.15, 0.2) is 24.3 Å². The number of aliphatic hydroxyl groups is 4. The molecular weight excluding hydrogens is 360 g/mol. The Morgan fingerprint density at radius 3 is 2.46 bits per heavy atom. The summed E-state index contributed by atoms with van der Waals surface area (Å²) in [6.45, 7) is 8.34. The minimum absolute atomic E-state index is 0.0296. The van der Waals surface area contributed by atoms with Gasteiger partial charge in [0.1, 0.15) is 6.10 Å². The Morgan fingerprint density at radius 1 is 1.11 bits per heavy atom. The molecule has 6 nitrogen and oxygen atoms in total. The van der Waals surface area contributed by atoms with Gasteiger partial charge in [-0.2, -0.15) is 0 Å². The lowest BCUT2D eigenvalue weighted by Gasteiger charge is -2.42. The van der Waals surface area contributed by atoms with Crippen LogP contribution in [-0.2, 0) is 9.47 Å². The molecule has 28 heavy (non-hydrogen) atoms. The predicted octanol–water partition coefficient (Wildman–Crippen LogP) is 1.48. The first-order valence-electron chi connectivity index (χ1n) is 10.5. The summed E-state index contributed by atoms with van der Waals surface area (Å²) in [4.78, 5) is 0. The molecule has 1 saturated heterocycles. The molecule has 0 spiro atoms. The molecule has 0 aromatic rings. The van der Waals surface area contributed by atoms with Gasteiger partial charge < -0.3 is 29.9 Å². The molecule has 3 rings (SSSR count). The van der Waals surface area contributed by atoms with Crippen LogP contribution in [0, 0.1) is 35.0 Å². The zero-order valence-corrected chi connectivity index (χ0v) is 17.3. The SMILES string of the molecule is CC(C)C1C=C[C@@H](COC2OC(CO)C(C)C(O)C2O)[C@@H]2C=C[C@H](O)[C@@]2(C)C1. The maximum atomic E-state index is 10.6. The average Bonchev–Trinajstić information content (AvgIpc) is 2.85. The number of ether oxygens (including phenoxy) is 2. The Kier molecular flexibility index (Phi) is 6.69. The van der Waals surface area contributed by atoms with E-state index in [-0.39, 0.29) is 29.8 Å². The Labute approximate surface area is 167 Å². The van der Waals surface area contributed by atoms with Crippen molar-refractivity contribution in [3.63, 3.8) is 0 Å². The maximum absolute atomic E-state index is 10.6. The van der Waals surface area contributed by atoms with Gasteiger partial charge in [0.25, 0.3) is 0 Å². The van der Waals surface area contributed by atoms with Crippen molar-refractivity contribution in [3.8, 4) is 0 Å². The number of rotatable bonds is 5. The van der Waals surface area contributed by atoms with Crippen LogP contribution in [0.4, 0.5) is 0 Å². The Hall–Kier alpha value is -0.760. The standard InChI is InChI=1S/C22H36O6/c1-12(2)14-5-6-15(16-7-8-18(24)22(16,4)9-14)11-27-21-20(26)19(25)13(3)17(10-23)28-21/h5-8,12-21,23-26H,9-11H2,1-4H3/t13?,14?,15-,16-,17?,18-,19?,20?,21?,22-/m0/s1. The Bertz CT molecular complexity index is 588. The highest BCUT2D eigenvalue weighted by atomic mass is 16.7. The molecule has 6 heteroatoms. The van der Waals surface area contributed by atoms with Crippen LogP contribution in [0.3, 0.4) is 0 Å². The summed E-state index contributed by atoms with van der Waals surface area (Å²) in [6.07, 6.45) is 5.05. The van der Waals surface area contributed by atoms with E-state index < -0.39 is 30.7 Å². The van der Waals surface area contributed by atoms with Crippen molar-refractivity contribution < 1.29 is 29.9 Å². The quantitative estimate of drug-likeness (QED) is 0.526. The summed E-state index contributed by atoms with van der Waals surface area (Å²) in [5.74, 6) is 0.639. The van der Waals surface area contributed by atoms with Gasteiger partial charge in [0.05, 0.1) is 31.5 Å². The molecule has 0 aromatic heterocycles. The van der Waals surface area contributed by atoms with Crippen LogP contribution in [0.25, 0.3) is 0 Å². The van der Waals surface area contributed by atoms with Gasteiger partial charge in [-0.1, -0.05) is 52.0 Å². The lowest BCUT2D eigenvalue weighted by Crippen LogP contribution is -2.55. The molecule has 0 aromatic carbocycles. The highest BCUT2D eigenvalue weighted by Gasteiger charge is 2.48. The van der Waals surface area contributed by atoms with Gasteiger partial charge in [0.2, 0.25) is 0 Å². The van der Waals surface area contributed by atoms with Crippen molar-refractivity contribution in [1.82, 2.24) is 0 Å². The van der Waals surface area contributed by atoms with E-state index in [9.17, 15) is 20.4 Å². The first kappa shape index (κ1) is 21.9. The van der Waals surface area contributed by atoms with Gasteiger partial charge >= 0.3 is 0 Å². The third kappa shape index (κ3) is 3.95. The molecule has 3 aliphatic rings. The zero-order valence-electron chi connectivity index (χ0n) is 17.3. The van der Waals surface area contributed by atoms with Gasteiger partial charge in [-0.15, -0.1) is 0 Å². The number of hydrogen-bond acceptors (Lipinski definition) is 6. The second-order valence-corrected chi connectivity index (χ2v) is 9.42. The molecule has 2 aliphatic carbocycles. The van der Waals surface area contributed by atoms with Crippen molar-refractivity contribution >= 4 is 0 Å². The molecule has 4 N–H and O–H groups in total.